The number of hydrogen-bond donors (Lipinski definition) is 1. The first-order chi connectivity index (χ1) is 9.64. The minimum absolute atomic E-state index is 0.0462. The van der Waals surface area contributed by atoms with Gasteiger partial charge in [-0.2, -0.15) is 0 Å². The normalized spacial score (nSPS) is 33.0. The molecule has 3 aliphatic rings. The third-order valence-electron chi connectivity index (χ3n) is 5.14. The van der Waals surface area contributed by atoms with Crippen LogP contribution in [0.2, 0.25) is 0 Å². The molecule has 114 valence electrons. The molecule has 20 heavy (non-hydrogen) atoms. The second-order valence-corrected chi connectivity index (χ2v) is 6.47. The standard InChI is InChI=1S/C15H25NO4/c16-15(4-9-19-10-5-15)13(17)12-1-6-20-14(11-12)2-7-18-8-3-14/h12H,1-11,16H2. The molecular formula is C15H25NO4. The zero-order valence-corrected chi connectivity index (χ0v) is 12.1. The summed E-state index contributed by atoms with van der Waals surface area (Å²) in [6.07, 6.45) is 4.73. The van der Waals surface area contributed by atoms with E-state index in [4.69, 9.17) is 19.9 Å². The Labute approximate surface area is 120 Å². The predicted molar refractivity (Wildman–Crippen MR) is 73.4 cm³/mol. The number of carbonyl (C=O) groups excluding carboxylic acids is 1. The van der Waals surface area contributed by atoms with Crippen LogP contribution in [-0.4, -0.2) is 50.0 Å². The largest absolute Gasteiger partial charge is 0.381 e. The highest BCUT2D eigenvalue weighted by atomic mass is 16.5. The van der Waals surface area contributed by atoms with E-state index in [0.29, 0.717) is 32.7 Å². The van der Waals surface area contributed by atoms with Crippen LogP contribution in [0.15, 0.2) is 0 Å². The topological polar surface area (TPSA) is 70.8 Å². The zero-order valence-electron chi connectivity index (χ0n) is 12.1. The van der Waals surface area contributed by atoms with E-state index in [9.17, 15) is 4.79 Å². The number of rotatable bonds is 2. The molecule has 1 unspecified atom stereocenters. The lowest BCUT2D eigenvalue weighted by Gasteiger charge is -2.45. The molecule has 3 fully saturated rings. The first-order valence-corrected chi connectivity index (χ1v) is 7.76. The lowest BCUT2D eigenvalue weighted by Crippen LogP contribution is -2.57. The van der Waals surface area contributed by atoms with Gasteiger partial charge >= 0.3 is 0 Å². The molecule has 0 saturated carbocycles. The number of Topliss-reactive ketones (excluding diaryl/α,β-unsaturated/α-hetero) is 1. The van der Waals surface area contributed by atoms with Gasteiger partial charge in [-0.1, -0.05) is 0 Å². The Kier molecular flexibility index (Phi) is 4.13. The van der Waals surface area contributed by atoms with E-state index in [-0.39, 0.29) is 17.3 Å². The Hall–Kier alpha value is -0.490. The summed E-state index contributed by atoms with van der Waals surface area (Å²) in [7, 11) is 0. The molecule has 3 heterocycles. The van der Waals surface area contributed by atoms with E-state index in [1.165, 1.54) is 0 Å². The second-order valence-electron chi connectivity index (χ2n) is 6.47. The molecule has 0 aromatic carbocycles. The van der Waals surface area contributed by atoms with Gasteiger partial charge in [-0.05, 0) is 38.5 Å². The van der Waals surface area contributed by atoms with Crippen molar-refractivity contribution in [2.75, 3.05) is 33.0 Å². The monoisotopic (exact) mass is 283 g/mol. The lowest BCUT2D eigenvalue weighted by atomic mass is 9.73. The van der Waals surface area contributed by atoms with Crippen molar-refractivity contribution < 1.29 is 19.0 Å². The number of nitrogens with two attached hydrogens (primary N) is 1. The fourth-order valence-electron chi connectivity index (χ4n) is 3.73. The van der Waals surface area contributed by atoms with Crippen molar-refractivity contribution in [3.8, 4) is 0 Å². The molecule has 0 aromatic rings. The number of carbonyl (C=O) groups is 1. The van der Waals surface area contributed by atoms with Gasteiger partial charge in [0.2, 0.25) is 0 Å². The SMILES string of the molecule is NC1(C(=O)C2CCOC3(CCOCC3)C2)CCOCC1. The average molecular weight is 283 g/mol. The van der Waals surface area contributed by atoms with Crippen molar-refractivity contribution in [2.45, 2.75) is 49.7 Å². The van der Waals surface area contributed by atoms with Crippen LogP contribution in [0, 0.1) is 5.92 Å². The quantitative estimate of drug-likeness (QED) is 0.820. The summed E-state index contributed by atoms with van der Waals surface area (Å²) in [4.78, 5) is 12.8. The third kappa shape index (κ3) is 2.77. The summed E-state index contributed by atoms with van der Waals surface area (Å²) in [6.45, 7) is 3.35. The molecule has 5 nitrogen and oxygen atoms in total. The molecule has 2 N–H and O–H groups in total. The molecule has 1 spiro atoms. The van der Waals surface area contributed by atoms with Crippen molar-refractivity contribution >= 4 is 5.78 Å². The lowest BCUT2D eigenvalue weighted by molar-refractivity contribution is -0.161. The number of hydrogen-bond acceptors (Lipinski definition) is 5. The number of ether oxygens (including phenoxy) is 3. The summed E-state index contributed by atoms with van der Waals surface area (Å²) < 4.78 is 16.8. The van der Waals surface area contributed by atoms with Gasteiger partial charge in [-0.15, -0.1) is 0 Å². The van der Waals surface area contributed by atoms with Crippen LogP contribution >= 0.6 is 0 Å². The summed E-state index contributed by atoms with van der Waals surface area (Å²) >= 11 is 0. The van der Waals surface area contributed by atoms with Crippen molar-refractivity contribution in [1.82, 2.24) is 0 Å². The smallest absolute Gasteiger partial charge is 0.156 e. The predicted octanol–water partition coefficient (Wildman–Crippen LogP) is 1.04. The van der Waals surface area contributed by atoms with Crippen LogP contribution in [0.1, 0.15) is 38.5 Å². The van der Waals surface area contributed by atoms with Crippen molar-refractivity contribution in [3.05, 3.63) is 0 Å². The van der Waals surface area contributed by atoms with Gasteiger partial charge in [0.1, 0.15) is 0 Å². The van der Waals surface area contributed by atoms with Crippen LogP contribution < -0.4 is 5.73 Å². The summed E-state index contributed by atoms with van der Waals surface area (Å²) in [5, 5.41) is 0. The fourth-order valence-corrected chi connectivity index (χ4v) is 3.73. The Morgan fingerprint density at radius 1 is 0.950 bits per heavy atom. The molecule has 0 radical (unpaired) electrons. The van der Waals surface area contributed by atoms with E-state index in [2.05, 4.69) is 0 Å². The van der Waals surface area contributed by atoms with Gasteiger partial charge in [-0.3, -0.25) is 4.79 Å². The molecule has 0 aromatic heterocycles. The van der Waals surface area contributed by atoms with Crippen molar-refractivity contribution in [3.63, 3.8) is 0 Å². The Morgan fingerprint density at radius 2 is 1.55 bits per heavy atom. The van der Waals surface area contributed by atoms with Crippen LogP contribution in [0.25, 0.3) is 0 Å². The molecule has 5 heteroatoms. The minimum atomic E-state index is -0.674. The fraction of sp³-hybridized carbons (Fsp3) is 0.933. The molecule has 3 saturated heterocycles. The maximum absolute atomic E-state index is 12.8. The first kappa shape index (κ1) is 14.4. The maximum atomic E-state index is 12.8. The molecule has 3 rings (SSSR count). The van der Waals surface area contributed by atoms with Crippen molar-refractivity contribution in [2.24, 2.45) is 11.7 Å². The zero-order chi connectivity index (χ0) is 14.1. The maximum Gasteiger partial charge on any atom is 0.156 e. The van der Waals surface area contributed by atoms with E-state index in [0.717, 1.165) is 38.9 Å². The van der Waals surface area contributed by atoms with E-state index < -0.39 is 5.54 Å². The van der Waals surface area contributed by atoms with E-state index in [1.54, 1.807) is 0 Å². The second kappa shape index (κ2) is 5.72. The van der Waals surface area contributed by atoms with Gasteiger partial charge in [0.15, 0.2) is 5.78 Å². The van der Waals surface area contributed by atoms with Crippen LogP contribution in [0.3, 0.4) is 0 Å². The van der Waals surface area contributed by atoms with Gasteiger partial charge in [-0.25, -0.2) is 0 Å². The highest BCUT2D eigenvalue weighted by molar-refractivity contribution is 5.90. The van der Waals surface area contributed by atoms with Crippen LogP contribution in [-0.2, 0) is 19.0 Å². The molecule has 0 aliphatic carbocycles. The summed E-state index contributed by atoms with van der Waals surface area (Å²) in [5.74, 6) is 0.278. The third-order valence-corrected chi connectivity index (χ3v) is 5.14. The van der Waals surface area contributed by atoms with Crippen LogP contribution in [0.4, 0.5) is 0 Å². The molecule has 1 atom stereocenters. The highest BCUT2D eigenvalue weighted by Crippen LogP contribution is 2.39. The molecular weight excluding hydrogens is 258 g/mol. The van der Waals surface area contributed by atoms with Crippen LogP contribution in [0.5, 0.6) is 0 Å². The molecule has 3 aliphatic heterocycles. The molecule has 0 bridgehead atoms. The Balaban J connectivity index is 1.68. The van der Waals surface area contributed by atoms with Gasteiger partial charge in [0.25, 0.3) is 0 Å². The Morgan fingerprint density at radius 3 is 2.20 bits per heavy atom. The highest BCUT2D eigenvalue weighted by Gasteiger charge is 2.46. The van der Waals surface area contributed by atoms with Gasteiger partial charge in [0, 0.05) is 39.0 Å². The van der Waals surface area contributed by atoms with Crippen molar-refractivity contribution in [1.29, 1.82) is 0 Å². The first-order valence-electron chi connectivity index (χ1n) is 7.76. The van der Waals surface area contributed by atoms with E-state index >= 15 is 0 Å². The summed E-state index contributed by atoms with van der Waals surface area (Å²) in [5.41, 5.74) is 5.54. The van der Waals surface area contributed by atoms with E-state index in [1.807, 2.05) is 0 Å². The summed E-state index contributed by atoms with van der Waals surface area (Å²) in [6, 6.07) is 0. The van der Waals surface area contributed by atoms with Gasteiger partial charge in [0.05, 0.1) is 11.1 Å². The molecule has 0 amide bonds. The Bertz CT molecular complexity index is 353. The number of ketones is 1. The van der Waals surface area contributed by atoms with Gasteiger partial charge < -0.3 is 19.9 Å². The minimum Gasteiger partial charge on any atom is -0.381 e. The average Bonchev–Trinajstić information content (AvgIpc) is 2.48.